The lowest BCUT2D eigenvalue weighted by Gasteiger charge is -2.25. The third kappa shape index (κ3) is 4.56. The molecule has 0 bridgehead atoms. The van der Waals surface area contributed by atoms with Gasteiger partial charge >= 0.3 is 0 Å². The zero-order valence-corrected chi connectivity index (χ0v) is 12.3. The van der Waals surface area contributed by atoms with Gasteiger partial charge in [-0.1, -0.05) is 31.0 Å². The van der Waals surface area contributed by atoms with E-state index in [9.17, 15) is 14.7 Å². The minimum absolute atomic E-state index is 0.0101. The van der Waals surface area contributed by atoms with E-state index in [0.717, 1.165) is 12.8 Å². The molecule has 0 radical (unpaired) electrons. The summed E-state index contributed by atoms with van der Waals surface area (Å²) in [6.45, 7) is -0.0101. The average molecular weight is 290 g/mol. The third-order valence-electron chi connectivity index (χ3n) is 3.88. The van der Waals surface area contributed by atoms with Crippen molar-refractivity contribution in [3.05, 3.63) is 30.3 Å². The molecule has 21 heavy (non-hydrogen) atoms. The first-order valence-electron chi connectivity index (χ1n) is 7.30. The number of likely N-dealkylation sites (N-methyl/N-ethyl adjacent to an activating group) is 1. The molecule has 2 N–H and O–H groups in total. The smallest absolute Gasteiger partial charge is 0.243 e. The van der Waals surface area contributed by atoms with Crippen molar-refractivity contribution in [3.8, 4) is 0 Å². The molecule has 1 aliphatic carbocycles. The Bertz CT molecular complexity index is 496. The van der Waals surface area contributed by atoms with Crippen LogP contribution in [0.3, 0.4) is 0 Å². The van der Waals surface area contributed by atoms with Gasteiger partial charge in [-0.25, -0.2) is 0 Å². The SMILES string of the molecule is CN(CC(=O)Nc1ccccc1)C(=O)CC1(O)CCCC1. The maximum Gasteiger partial charge on any atom is 0.243 e. The van der Waals surface area contributed by atoms with E-state index in [-0.39, 0.29) is 24.8 Å². The average Bonchev–Trinajstić information content (AvgIpc) is 2.86. The molecule has 0 aliphatic heterocycles. The first-order valence-corrected chi connectivity index (χ1v) is 7.30. The van der Waals surface area contributed by atoms with Crippen LogP contribution in [0.1, 0.15) is 32.1 Å². The van der Waals surface area contributed by atoms with Crippen molar-refractivity contribution in [2.45, 2.75) is 37.7 Å². The monoisotopic (exact) mass is 290 g/mol. The zero-order chi connectivity index (χ0) is 15.3. The zero-order valence-electron chi connectivity index (χ0n) is 12.3. The fraction of sp³-hybridized carbons (Fsp3) is 0.500. The highest BCUT2D eigenvalue weighted by atomic mass is 16.3. The van der Waals surface area contributed by atoms with Crippen molar-refractivity contribution in [2.75, 3.05) is 18.9 Å². The minimum Gasteiger partial charge on any atom is -0.389 e. The number of carbonyl (C=O) groups is 2. The van der Waals surface area contributed by atoms with Gasteiger partial charge in [-0.05, 0) is 25.0 Å². The predicted molar refractivity (Wildman–Crippen MR) is 80.7 cm³/mol. The van der Waals surface area contributed by atoms with Gasteiger partial charge in [0, 0.05) is 12.7 Å². The van der Waals surface area contributed by atoms with Crippen LogP contribution < -0.4 is 5.32 Å². The van der Waals surface area contributed by atoms with Crippen LogP contribution in [0.5, 0.6) is 0 Å². The number of anilines is 1. The molecular formula is C16H22N2O3. The van der Waals surface area contributed by atoms with Gasteiger partial charge in [-0.3, -0.25) is 9.59 Å². The first kappa shape index (κ1) is 15.5. The van der Waals surface area contributed by atoms with Crippen molar-refractivity contribution in [3.63, 3.8) is 0 Å². The van der Waals surface area contributed by atoms with Crippen molar-refractivity contribution < 1.29 is 14.7 Å². The third-order valence-corrected chi connectivity index (χ3v) is 3.88. The van der Waals surface area contributed by atoms with E-state index in [0.29, 0.717) is 18.5 Å². The molecule has 0 aromatic heterocycles. The first-order chi connectivity index (χ1) is 9.98. The number of para-hydroxylation sites is 1. The topological polar surface area (TPSA) is 69.6 Å². The van der Waals surface area contributed by atoms with Crippen molar-refractivity contribution in [1.82, 2.24) is 4.90 Å². The van der Waals surface area contributed by atoms with E-state index in [1.165, 1.54) is 4.90 Å². The van der Waals surface area contributed by atoms with Crippen molar-refractivity contribution in [2.24, 2.45) is 0 Å². The normalized spacial score (nSPS) is 16.5. The summed E-state index contributed by atoms with van der Waals surface area (Å²) in [5.74, 6) is -0.432. The summed E-state index contributed by atoms with van der Waals surface area (Å²) in [7, 11) is 1.59. The summed E-state index contributed by atoms with van der Waals surface area (Å²) >= 11 is 0. The fourth-order valence-corrected chi connectivity index (χ4v) is 2.65. The van der Waals surface area contributed by atoms with Crippen LogP contribution in [0, 0.1) is 0 Å². The quantitative estimate of drug-likeness (QED) is 0.868. The Morgan fingerprint density at radius 3 is 2.48 bits per heavy atom. The second-order valence-corrected chi connectivity index (χ2v) is 5.77. The number of carbonyl (C=O) groups excluding carboxylic acids is 2. The van der Waals surface area contributed by atoms with Gasteiger partial charge in [-0.15, -0.1) is 0 Å². The Labute approximate surface area is 125 Å². The highest BCUT2D eigenvalue weighted by Crippen LogP contribution is 2.32. The summed E-state index contributed by atoms with van der Waals surface area (Å²) in [6.07, 6.45) is 3.36. The van der Waals surface area contributed by atoms with Gasteiger partial charge in [0.2, 0.25) is 11.8 Å². The van der Waals surface area contributed by atoms with E-state index < -0.39 is 5.60 Å². The van der Waals surface area contributed by atoms with Gasteiger partial charge in [0.15, 0.2) is 0 Å². The van der Waals surface area contributed by atoms with E-state index in [4.69, 9.17) is 0 Å². The summed E-state index contributed by atoms with van der Waals surface area (Å²) in [5, 5.41) is 13.0. The molecular weight excluding hydrogens is 268 g/mol. The maximum absolute atomic E-state index is 12.1. The molecule has 0 heterocycles. The molecule has 1 fully saturated rings. The highest BCUT2D eigenvalue weighted by molar-refractivity contribution is 5.94. The minimum atomic E-state index is -0.874. The van der Waals surface area contributed by atoms with E-state index in [2.05, 4.69) is 5.32 Å². The van der Waals surface area contributed by atoms with Crippen LogP contribution in [0.4, 0.5) is 5.69 Å². The molecule has 1 aromatic carbocycles. The molecule has 1 aromatic rings. The number of hydrogen-bond donors (Lipinski definition) is 2. The van der Waals surface area contributed by atoms with E-state index >= 15 is 0 Å². The second-order valence-electron chi connectivity index (χ2n) is 5.77. The maximum atomic E-state index is 12.1. The number of amides is 2. The van der Waals surface area contributed by atoms with Crippen LogP contribution >= 0.6 is 0 Å². The standard InChI is InChI=1S/C16H22N2O3/c1-18(15(20)11-16(21)9-5-6-10-16)12-14(19)17-13-7-3-2-4-8-13/h2-4,7-8,21H,5-6,9-12H2,1H3,(H,17,19). The number of hydrogen-bond acceptors (Lipinski definition) is 3. The molecule has 1 aliphatic rings. The van der Waals surface area contributed by atoms with Crippen LogP contribution in [-0.4, -0.2) is 41.0 Å². The summed E-state index contributed by atoms with van der Waals surface area (Å²) in [5.41, 5.74) is -0.167. The van der Waals surface area contributed by atoms with Gasteiger partial charge < -0.3 is 15.3 Å². The van der Waals surface area contributed by atoms with Crippen molar-refractivity contribution >= 4 is 17.5 Å². The molecule has 0 saturated heterocycles. The Kier molecular flexibility index (Phi) is 4.96. The van der Waals surface area contributed by atoms with Crippen LogP contribution in [0.15, 0.2) is 30.3 Å². The molecule has 0 atom stereocenters. The molecule has 5 heteroatoms. The second kappa shape index (κ2) is 6.72. The largest absolute Gasteiger partial charge is 0.389 e. The van der Waals surface area contributed by atoms with Gasteiger partial charge in [0.05, 0.1) is 18.6 Å². The highest BCUT2D eigenvalue weighted by Gasteiger charge is 2.34. The number of nitrogens with zero attached hydrogens (tertiary/aromatic N) is 1. The van der Waals surface area contributed by atoms with E-state index in [1.54, 1.807) is 19.2 Å². The van der Waals surface area contributed by atoms with Crippen LogP contribution in [0.2, 0.25) is 0 Å². The Hall–Kier alpha value is -1.88. The van der Waals surface area contributed by atoms with Gasteiger partial charge in [0.25, 0.3) is 0 Å². The van der Waals surface area contributed by atoms with Gasteiger partial charge in [-0.2, -0.15) is 0 Å². The summed E-state index contributed by atoms with van der Waals surface area (Å²) < 4.78 is 0. The Morgan fingerprint density at radius 1 is 1.24 bits per heavy atom. The summed E-state index contributed by atoms with van der Waals surface area (Å²) in [6, 6.07) is 9.12. The molecule has 0 spiro atoms. The fourth-order valence-electron chi connectivity index (χ4n) is 2.65. The number of nitrogens with one attached hydrogen (secondary N) is 1. The molecule has 1 saturated carbocycles. The van der Waals surface area contributed by atoms with E-state index in [1.807, 2.05) is 18.2 Å². The number of aliphatic hydroxyl groups is 1. The lowest BCUT2D eigenvalue weighted by Crippen LogP contribution is -2.39. The van der Waals surface area contributed by atoms with Crippen LogP contribution in [-0.2, 0) is 9.59 Å². The molecule has 5 nitrogen and oxygen atoms in total. The molecule has 2 rings (SSSR count). The molecule has 0 unspecified atom stereocenters. The van der Waals surface area contributed by atoms with Crippen molar-refractivity contribution in [1.29, 1.82) is 0 Å². The van der Waals surface area contributed by atoms with Gasteiger partial charge in [0.1, 0.15) is 0 Å². The molecule has 114 valence electrons. The lowest BCUT2D eigenvalue weighted by atomic mass is 9.97. The number of rotatable bonds is 5. The molecule has 2 amide bonds. The summed E-state index contributed by atoms with van der Waals surface area (Å²) in [4.78, 5) is 25.3. The Balaban J connectivity index is 1.81. The lowest BCUT2D eigenvalue weighted by molar-refractivity contribution is -0.137. The van der Waals surface area contributed by atoms with Crippen LogP contribution in [0.25, 0.3) is 0 Å². The predicted octanol–water partition coefficient (Wildman–Crippen LogP) is 1.78. The Morgan fingerprint density at radius 2 is 1.86 bits per heavy atom. The number of benzene rings is 1.